The second-order valence-electron chi connectivity index (χ2n) is 4.10. The average Bonchev–Trinajstić information content (AvgIpc) is 2.82. The normalized spacial score (nSPS) is 12.6. The fourth-order valence-electron chi connectivity index (χ4n) is 1.78. The monoisotopic (exact) mass is 293 g/mol. The molecule has 0 aliphatic rings. The van der Waals surface area contributed by atoms with Crippen LogP contribution < -0.4 is 5.73 Å². The molecule has 17 heavy (non-hydrogen) atoms. The molecule has 0 saturated carbocycles. The molecule has 1 aromatic heterocycles. The Morgan fingerprint density at radius 3 is 2.94 bits per heavy atom. The summed E-state index contributed by atoms with van der Waals surface area (Å²) in [6.45, 7) is 2.11. The number of halogens is 1. The second-order valence-corrected chi connectivity index (χ2v) is 5.01. The zero-order valence-electron chi connectivity index (χ0n) is 9.81. The highest BCUT2D eigenvalue weighted by Crippen LogP contribution is 2.21. The first-order valence-electron chi connectivity index (χ1n) is 5.74. The van der Waals surface area contributed by atoms with Crippen LogP contribution in [0.3, 0.4) is 0 Å². The highest BCUT2D eigenvalue weighted by atomic mass is 79.9. The maximum atomic E-state index is 6.03. The van der Waals surface area contributed by atoms with E-state index < -0.39 is 0 Å². The molecule has 1 heterocycles. The molecule has 4 heteroatoms. The van der Waals surface area contributed by atoms with Crippen molar-refractivity contribution < 1.29 is 0 Å². The number of nitrogens with two attached hydrogens (primary N) is 1. The molecule has 2 N–H and O–H groups in total. The van der Waals surface area contributed by atoms with Crippen molar-refractivity contribution in [3.8, 4) is 5.69 Å². The van der Waals surface area contributed by atoms with Crippen molar-refractivity contribution in [2.45, 2.75) is 25.8 Å². The van der Waals surface area contributed by atoms with E-state index in [1.165, 1.54) is 5.56 Å². The van der Waals surface area contributed by atoms with Gasteiger partial charge in [0.05, 0.1) is 5.69 Å². The van der Waals surface area contributed by atoms with Gasteiger partial charge in [0.25, 0.3) is 0 Å². The van der Waals surface area contributed by atoms with Gasteiger partial charge in [0.1, 0.15) is 0 Å². The maximum Gasteiger partial charge on any atom is 0.0678 e. The fourth-order valence-corrected chi connectivity index (χ4v) is 2.19. The van der Waals surface area contributed by atoms with Crippen LogP contribution in [0.5, 0.6) is 0 Å². The number of nitrogens with zero attached hydrogens (tertiary/aromatic N) is 2. The Labute approximate surface area is 110 Å². The highest BCUT2D eigenvalue weighted by Gasteiger charge is 2.09. The van der Waals surface area contributed by atoms with Crippen molar-refractivity contribution in [1.29, 1.82) is 0 Å². The molecule has 0 bridgehead atoms. The molecule has 0 amide bonds. The molecule has 0 aliphatic heterocycles. The predicted octanol–water partition coefficient (Wildman–Crippen LogP) is 2.91. The smallest absolute Gasteiger partial charge is 0.0678 e. The van der Waals surface area contributed by atoms with Gasteiger partial charge in [-0.2, -0.15) is 5.10 Å². The lowest BCUT2D eigenvalue weighted by atomic mass is 10.0. The van der Waals surface area contributed by atoms with Gasteiger partial charge in [-0.25, -0.2) is 4.68 Å². The van der Waals surface area contributed by atoms with Crippen LogP contribution in [0.4, 0.5) is 0 Å². The summed E-state index contributed by atoms with van der Waals surface area (Å²) in [7, 11) is 0. The fraction of sp³-hybridized carbons (Fsp3) is 0.308. The lowest BCUT2D eigenvalue weighted by molar-refractivity contribution is 0.642. The third kappa shape index (κ3) is 2.96. The minimum Gasteiger partial charge on any atom is -0.327 e. The summed E-state index contributed by atoms with van der Waals surface area (Å²) in [4.78, 5) is 0. The van der Waals surface area contributed by atoms with Gasteiger partial charge >= 0.3 is 0 Å². The molecule has 0 saturated heterocycles. The van der Waals surface area contributed by atoms with Crippen LogP contribution in [-0.4, -0.2) is 15.8 Å². The molecular weight excluding hydrogens is 278 g/mol. The van der Waals surface area contributed by atoms with Crippen molar-refractivity contribution in [3.05, 3.63) is 46.7 Å². The van der Waals surface area contributed by atoms with Gasteiger partial charge in [-0.1, -0.05) is 22.9 Å². The van der Waals surface area contributed by atoms with Crippen LogP contribution in [0.1, 0.15) is 18.9 Å². The Balaban J connectivity index is 2.38. The number of hydrogen-bond acceptors (Lipinski definition) is 2. The van der Waals surface area contributed by atoms with Gasteiger partial charge < -0.3 is 5.73 Å². The summed E-state index contributed by atoms with van der Waals surface area (Å²) in [6.07, 6.45) is 5.58. The molecule has 0 aliphatic carbocycles. The van der Waals surface area contributed by atoms with Gasteiger partial charge in [-0.15, -0.1) is 0 Å². The SMILES string of the molecule is CCC(N)Cc1cc(Br)ccc1-n1cccn1. The minimum atomic E-state index is 0.193. The first kappa shape index (κ1) is 12.3. The zero-order valence-corrected chi connectivity index (χ0v) is 11.4. The van der Waals surface area contributed by atoms with Crippen LogP contribution in [0.15, 0.2) is 41.1 Å². The molecule has 0 radical (unpaired) electrons. The standard InChI is InChI=1S/C13H16BrN3/c1-2-12(15)9-10-8-11(14)4-5-13(10)17-7-3-6-16-17/h3-8,12H,2,9,15H2,1H3. The third-order valence-electron chi connectivity index (χ3n) is 2.80. The number of rotatable bonds is 4. The summed E-state index contributed by atoms with van der Waals surface area (Å²) < 4.78 is 2.95. The van der Waals surface area contributed by atoms with Gasteiger partial charge in [-0.3, -0.25) is 0 Å². The van der Waals surface area contributed by atoms with Crippen molar-refractivity contribution in [3.63, 3.8) is 0 Å². The van der Waals surface area contributed by atoms with Crippen LogP contribution in [0.25, 0.3) is 5.69 Å². The summed E-state index contributed by atoms with van der Waals surface area (Å²) in [6, 6.07) is 8.32. The number of hydrogen-bond donors (Lipinski definition) is 1. The van der Waals surface area contributed by atoms with Crippen molar-refractivity contribution in [2.24, 2.45) is 5.73 Å². The minimum absolute atomic E-state index is 0.193. The van der Waals surface area contributed by atoms with E-state index in [2.05, 4.69) is 40.1 Å². The van der Waals surface area contributed by atoms with E-state index >= 15 is 0 Å². The summed E-state index contributed by atoms with van der Waals surface area (Å²) >= 11 is 3.50. The molecule has 2 rings (SSSR count). The van der Waals surface area contributed by atoms with Crippen molar-refractivity contribution in [2.75, 3.05) is 0 Å². The predicted molar refractivity (Wildman–Crippen MR) is 73.2 cm³/mol. The first-order chi connectivity index (χ1) is 8.20. The average molecular weight is 294 g/mol. The molecule has 1 atom stereocenters. The molecule has 90 valence electrons. The molecule has 0 spiro atoms. The molecular formula is C13H16BrN3. The van der Waals surface area contributed by atoms with E-state index in [-0.39, 0.29) is 6.04 Å². The van der Waals surface area contributed by atoms with E-state index in [1.807, 2.05) is 23.0 Å². The van der Waals surface area contributed by atoms with Crippen molar-refractivity contribution in [1.82, 2.24) is 9.78 Å². The topological polar surface area (TPSA) is 43.8 Å². The summed E-state index contributed by atoms with van der Waals surface area (Å²) in [5.74, 6) is 0. The van der Waals surface area contributed by atoms with Crippen molar-refractivity contribution >= 4 is 15.9 Å². The Bertz CT molecular complexity index is 479. The Hall–Kier alpha value is -1.13. The lowest BCUT2D eigenvalue weighted by Crippen LogP contribution is -2.22. The Kier molecular flexibility index (Phi) is 3.97. The van der Waals surface area contributed by atoms with Crippen LogP contribution in [-0.2, 0) is 6.42 Å². The maximum absolute atomic E-state index is 6.03. The second kappa shape index (κ2) is 5.47. The summed E-state index contributed by atoms with van der Waals surface area (Å²) in [5, 5.41) is 4.27. The molecule has 3 nitrogen and oxygen atoms in total. The van der Waals surface area contributed by atoms with Gasteiger partial charge in [0.2, 0.25) is 0 Å². The molecule has 2 aromatic rings. The Morgan fingerprint density at radius 2 is 2.29 bits per heavy atom. The van der Waals surface area contributed by atoms with Gasteiger partial charge in [-0.05, 0) is 42.7 Å². The largest absolute Gasteiger partial charge is 0.327 e. The van der Waals surface area contributed by atoms with Gasteiger partial charge in [0.15, 0.2) is 0 Å². The number of aromatic nitrogens is 2. The van der Waals surface area contributed by atoms with Gasteiger partial charge in [0, 0.05) is 22.9 Å². The zero-order chi connectivity index (χ0) is 12.3. The van der Waals surface area contributed by atoms with E-state index in [0.717, 1.165) is 23.0 Å². The third-order valence-corrected chi connectivity index (χ3v) is 3.29. The number of benzene rings is 1. The van der Waals surface area contributed by atoms with E-state index in [4.69, 9.17) is 5.73 Å². The van der Waals surface area contributed by atoms with E-state index in [0.29, 0.717) is 0 Å². The van der Waals surface area contributed by atoms with Crippen LogP contribution >= 0.6 is 15.9 Å². The van der Waals surface area contributed by atoms with Crippen LogP contribution in [0.2, 0.25) is 0 Å². The Morgan fingerprint density at radius 1 is 1.47 bits per heavy atom. The quantitative estimate of drug-likeness (QED) is 0.942. The summed E-state index contributed by atoms with van der Waals surface area (Å²) in [5.41, 5.74) is 8.35. The molecule has 0 fully saturated rings. The lowest BCUT2D eigenvalue weighted by Gasteiger charge is -2.14. The molecule has 1 aromatic carbocycles. The first-order valence-corrected chi connectivity index (χ1v) is 6.54. The van der Waals surface area contributed by atoms with Crippen LogP contribution in [0, 0.1) is 0 Å². The van der Waals surface area contributed by atoms with E-state index in [1.54, 1.807) is 6.20 Å². The highest BCUT2D eigenvalue weighted by molar-refractivity contribution is 9.10. The molecule has 1 unspecified atom stereocenters. The van der Waals surface area contributed by atoms with E-state index in [9.17, 15) is 0 Å².